The second-order valence-electron chi connectivity index (χ2n) is 5.96. The zero-order valence-corrected chi connectivity index (χ0v) is 14.3. The number of nitrogens with one attached hydrogen (secondary N) is 1. The van der Waals surface area contributed by atoms with Crippen LogP contribution >= 0.6 is 0 Å². The van der Waals surface area contributed by atoms with Gasteiger partial charge in [-0.1, -0.05) is 11.2 Å². The number of amides is 1. The predicted octanol–water partition coefficient (Wildman–Crippen LogP) is 1.96. The highest BCUT2D eigenvalue weighted by atomic mass is 32.2. The molecular weight excluding hydrogens is 322 g/mol. The Morgan fingerprint density at radius 1 is 1.48 bits per heavy atom. The number of rotatable bonds is 7. The average Bonchev–Trinajstić information content (AvgIpc) is 2.35. The third-order valence-electron chi connectivity index (χ3n) is 3.12. The molecule has 0 saturated carbocycles. The Kier molecular flexibility index (Phi) is 6.22. The van der Waals surface area contributed by atoms with Gasteiger partial charge in [0.2, 0.25) is 0 Å². The molecule has 1 amide bonds. The van der Waals surface area contributed by atoms with Crippen molar-refractivity contribution in [2.45, 2.75) is 25.1 Å². The number of anilines is 1. The molecule has 0 aliphatic heterocycles. The van der Waals surface area contributed by atoms with Crippen LogP contribution in [-0.2, 0) is 16.9 Å². The second-order valence-corrected chi connectivity index (χ2v) is 7.39. The molecule has 2 N–H and O–H groups in total. The van der Waals surface area contributed by atoms with Crippen molar-refractivity contribution in [3.8, 4) is 0 Å². The van der Waals surface area contributed by atoms with Crippen molar-refractivity contribution in [3.63, 3.8) is 0 Å². The van der Waals surface area contributed by atoms with Gasteiger partial charge >= 0.3 is 6.09 Å². The summed E-state index contributed by atoms with van der Waals surface area (Å²) >= 11 is -1.16. The molecule has 0 spiro atoms. The van der Waals surface area contributed by atoms with E-state index < -0.39 is 27.7 Å². The fourth-order valence-corrected chi connectivity index (χ4v) is 3.07. The summed E-state index contributed by atoms with van der Waals surface area (Å²) in [7, 11) is 1.76. The SMILES string of the molecule is CN(CC(C)(C)NC(=O)O)c1ccc([N+](=O)[O-])cc1C[S+](C)[O-]. The van der Waals surface area contributed by atoms with Gasteiger partial charge in [0.05, 0.1) is 16.7 Å². The Morgan fingerprint density at radius 3 is 2.57 bits per heavy atom. The van der Waals surface area contributed by atoms with Crippen molar-refractivity contribution < 1.29 is 19.4 Å². The first-order valence-electron chi connectivity index (χ1n) is 6.81. The van der Waals surface area contributed by atoms with Gasteiger partial charge in [0, 0.05) is 37.0 Å². The Morgan fingerprint density at radius 2 is 2.09 bits per heavy atom. The molecule has 0 aromatic heterocycles. The fourth-order valence-electron chi connectivity index (χ4n) is 2.40. The summed E-state index contributed by atoms with van der Waals surface area (Å²) in [6.45, 7) is 3.82. The summed E-state index contributed by atoms with van der Waals surface area (Å²) in [5.74, 6) is 0.189. The number of benzene rings is 1. The van der Waals surface area contributed by atoms with Gasteiger partial charge in [-0.2, -0.15) is 0 Å². The van der Waals surface area contributed by atoms with Crippen molar-refractivity contribution >= 4 is 28.6 Å². The van der Waals surface area contributed by atoms with Crippen LogP contribution in [0.15, 0.2) is 18.2 Å². The number of nitro groups is 1. The highest BCUT2D eigenvalue weighted by Gasteiger charge is 2.24. The van der Waals surface area contributed by atoms with Gasteiger partial charge in [-0.15, -0.1) is 0 Å². The molecule has 23 heavy (non-hydrogen) atoms. The largest absolute Gasteiger partial charge is 0.616 e. The first-order chi connectivity index (χ1) is 10.5. The summed E-state index contributed by atoms with van der Waals surface area (Å²) in [6.07, 6.45) is 0.403. The minimum absolute atomic E-state index is 0.0643. The van der Waals surface area contributed by atoms with Gasteiger partial charge in [-0.3, -0.25) is 10.1 Å². The normalized spacial score (nSPS) is 12.6. The number of carbonyl (C=O) groups is 1. The van der Waals surface area contributed by atoms with Gasteiger partial charge in [0.15, 0.2) is 0 Å². The molecule has 1 rings (SSSR count). The van der Waals surface area contributed by atoms with E-state index in [0.717, 1.165) is 0 Å². The molecular formula is C14H21N3O5S. The maximum atomic E-state index is 11.5. The molecule has 0 aliphatic rings. The third kappa shape index (κ3) is 5.95. The minimum atomic E-state index is -1.16. The van der Waals surface area contributed by atoms with Crippen LogP contribution in [0, 0.1) is 10.1 Å². The predicted molar refractivity (Wildman–Crippen MR) is 89.4 cm³/mol. The molecule has 1 aromatic carbocycles. The third-order valence-corrected chi connectivity index (χ3v) is 3.84. The maximum absolute atomic E-state index is 11.5. The van der Waals surface area contributed by atoms with Crippen molar-refractivity contribution in [3.05, 3.63) is 33.9 Å². The topological polar surface area (TPSA) is 119 Å². The van der Waals surface area contributed by atoms with Crippen LogP contribution in [0.4, 0.5) is 16.2 Å². The van der Waals surface area contributed by atoms with E-state index in [4.69, 9.17) is 5.11 Å². The number of nitro benzene ring substituents is 1. The standard InChI is InChI=1S/C14H21N3O5S/c1-14(2,15-13(18)19)9-16(3)12-6-5-11(17(20)21)7-10(12)8-23(4)22/h5-7,15H,8-9H2,1-4H3,(H,18,19). The van der Waals surface area contributed by atoms with Crippen LogP contribution < -0.4 is 10.2 Å². The highest BCUT2D eigenvalue weighted by Crippen LogP contribution is 2.27. The summed E-state index contributed by atoms with van der Waals surface area (Å²) in [5.41, 5.74) is 0.496. The van der Waals surface area contributed by atoms with Crippen molar-refractivity contribution in [2.24, 2.45) is 0 Å². The van der Waals surface area contributed by atoms with E-state index in [1.807, 2.05) is 0 Å². The van der Waals surface area contributed by atoms with Crippen molar-refractivity contribution in [1.82, 2.24) is 5.32 Å². The van der Waals surface area contributed by atoms with E-state index in [0.29, 0.717) is 17.8 Å². The molecule has 0 bridgehead atoms. The van der Waals surface area contributed by atoms with Crippen LogP contribution in [0.3, 0.4) is 0 Å². The Hall–Kier alpha value is -2.00. The molecule has 128 valence electrons. The smallest absolute Gasteiger partial charge is 0.405 e. The molecule has 8 nitrogen and oxygen atoms in total. The summed E-state index contributed by atoms with van der Waals surface area (Å²) in [5, 5.41) is 22.2. The van der Waals surface area contributed by atoms with E-state index in [-0.39, 0.29) is 11.4 Å². The van der Waals surface area contributed by atoms with Gasteiger partial charge in [-0.25, -0.2) is 4.79 Å². The number of carboxylic acid groups (broad SMARTS) is 1. The Labute approximate surface area is 137 Å². The molecule has 0 fully saturated rings. The molecule has 0 saturated heterocycles. The maximum Gasteiger partial charge on any atom is 0.405 e. The zero-order valence-electron chi connectivity index (χ0n) is 13.5. The molecule has 9 heteroatoms. The zero-order chi connectivity index (χ0) is 17.8. The van der Waals surface area contributed by atoms with Crippen molar-refractivity contribution in [1.29, 1.82) is 0 Å². The highest BCUT2D eigenvalue weighted by molar-refractivity contribution is 7.89. The van der Waals surface area contributed by atoms with Crippen LogP contribution in [0.1, 0.15) is 19.4 Å². The van der Waals surface area contributed by atoms with E-state index in [1.165, 1.54) is 18.4 Å². The van der Waals surface area contributed by atoms with E-state index >= 15 is 0 Å². The quantitative estimate of drug-likeness (QED) is 0.444. The van der Waals surface area contributed by atoms with E-state index in [1.54, 1.807) is 31.9 Å². The second kappa shape index (κ2) is 7.51. The van der Waals surface area contributed by atoms with Gasteiger partial charge in [-0.05, 0) is 19.9 Å². The number of non-ortho nitro benzene ring substituents is 1. The summed E-state index contributed by atoms with van der Waals surface area (Å²) < 4.78 is 11.5. The Balaban J connectivity index is 3.09. The number of nitrogens with zero attached hydrogens (tertiary/aromatic N) is 2. The lowest BCUT2D eigenvalue weighted by Crippen LogP contribution is -2.50. The van der Waals surface area contributed by atoms with Gasteiger partial charge in [0.25, 0.3) is 5.69 Å². The molecule has 0 heterocycles. The molecule has 1 aromatic rings. The Bertz CT molecular complexity index is 592. The van der Waals surface area contributed by atoms with Crippen LogP contribution in [-0.4, -0.2) is 46.1 Å². The average molecular weight is 343 g/mol. The lowest BCUT2D eigenvalue weighted by atomic mass is 10.0. The number of hydrogen-bond acceptors (Lipinski definition) is 5. The van der Waals surface area contributed by atoms with E-state index in [2.05, 4.69) is 5.32 Å². The summed E-state index contributed by atoms with van der Waals surface area (Å²) in [4.78, 5) is 23.0. The fraction of sp³-hybridized carbons (Fsp3) is 0.500. The molecule has 1 atom stereocenters. The van der Waals surface area contributed by atoms with E-state index in [9.17, 15) is 19.5 Å². The van der Waals surface area contributed by atoms with Crippen LogP contribution in [0.25, 0.3) is 0 Å². The minimum Gasteiger partial charge on any atom is -0.616 e. The number of hydrogen-bond donors (Lipinski definition) is 2. The van der Waals surface area contributed by atoms with Crippen LogP contribution in [0.2, 0.25) is 0 Å². The first-order valence-corrected chi connectivity index (χ1v) is 8.54. The molecule has 0 radical (unpaired) electrons. The first kappa shape index (κ1) is 19.0. The van der Waals surface area contributed by atoms with Crippen molar-refractivity contribution in [2.75, 3.05) is 24.7 Å². The lowest BCUT2D eigenvalue weighted by molar-refractivity contribution is -0.384. The number of likely N-dealkylation sites (N-methyl/N-ethyl adjacent to an activating group) is 1. The van der Waals surface area contributed by atoms with Crippen LogP contribution in [0.5, 0.6) is 0 Å². The molecule has 0 aliphatic carbocycles. The van der Waals surface area contributed by atoms with Gasteiger partial charge < -0.3 is 19.9 Å². The monoisotopic (exact) mass is 343 g/mol. The molecule has 1 unspecified atom stereocenters. The summed E-state index contributed by atoms with van der Waals surface area (Å²) in [6, 6.07) is 4.38. The van der Waals surface area contributed by atoms with Gasteiger partial charge in [0.1, 0.15) is 5.75 Å². The lowest BCUT2D eigenvalue weighted by Gasteiger charge is -2.32.